The molecule has 0 aliphatic carbocycles. The van der Waals surface area contributed by atoms with Crippen molar-refractivity contribution in [2.24, 2.45) is 0 Å². The van der Waals surface area contributed by atoms with E-state index in [-0.39, 0.29) is 40.7 Å². The number of carbonyl (C=O) groups excluding carboxylic acids is 3. The standard InChI is InChI=1S/C30H32N8O6.C29H30N8O6.C28H30N8O6/c1-3-31-30(41)36-26-23-27(34-16-33-26)38(17-35-23)28-25-24(43-22(44-25)12-11-18-8-5-4-6-9-18)21(42-28)15-37(2)14-20-19(29(39)40)10-7-13-32-20;1-2-31-29(40)36-25-22-26(34-15-33-25)37(16-35-22)27-24-23(42-21(43-24)11-10-17-7-4-3-5-8-17)20(41-27)14-30-13-19-18(28(38)39)9-6-12-32-19;1-3-29-28(39)34-23-20-24(32-14-31-23)36(15-33-20)25-22-21(41-27(42-22)16-8-5-4-6-9-16)19(40-25)13-35(2)12-18-17(26(37)38)10-7-11-30-18/h4-13,16-17,21-22,24-25,28H,3,14-15H2,1-2H3,(H,39,40)(H2,31,33,34,36,41);3-12,15-16,20-21,23-24,27,30H,2,13-14H2,1H3,(H,38,39)(H2,31,33,34,36,40);4-11,14-15,19,21-22,25,27H,3,12-13H2,1-2H3,(H,37,38)(H2,29,31,32,34,39)/b12-11+;11-10+;/t21?,22-,24?,25?,28?;20?,21-,23?,24?,27?;19?,21?,22?,25?,27-/m000/s1. The number of imidazole rings is 3. The Morgan fingerprint density at radius 2 is 0.744 bits per heavy atom. The smallest absolute Gasteiger partial charge is 0.337 e. The molecule has 10 N–H and O–H groups in total. The van der Waals surface area contributed by atoms with Crippen molar-refractivity contribution < 1.29 is 86.7 Å². The Morgan fingerprint density at radius 3 is 1.15 bits per heavy atom. The molecular formula is C87H92N24O18. The minimum Gasteiger partial charge on any atom is -0.478 e. The first-order valence-corrected chi connectivity index (χ1v) is 41.5. The van der Waals surface area contributed by atoms with Crippen LogP contribution in [0, 0.1) is 0 Å². The number of nitrogens with zero attached hydrogens (tertiary/aromatic N) is 17. The zero-order chi connectivity index (χ0) is 89.6. The Kier molecular flexibility index (Phi) is 27.9. The monoisotopic (exact) mass is 1760 g/mol. The Hall–Kier alpha value is -14.0. The molecule has 0 saturated carbocycles. The molecule has 3 aromatic carbocycles. The second kappa shape index (κ2) is 40.7. The van der Waals surface area contributed by atoms with Crippen molar-refractivity contribution in [1.29, 1.82) is 0 Å². The average molecular weight is 1760 g/mol. The molecule has 6 aliphatic rings. The van der Waals surface area contributed by atoms with E-state index in [0.29, 0.717) is 103 Å². The maximum Gasteiger partial charge on any atom is 0.337 e. The zero-order valence-corrected chi connectivity index (χ0v) is 70.2. The number of fused-ring (bicyclic) bond motifs is 6. The van der Waals surface area contributed by atoms with Gasteiger partial charge in [-0.25, -0.2) is 73.6 Å². The number of carboxylic acids is 3. The molecule has 12 aromatic rings. The van der Waals surface area contributed by atoms with Gasteiger partial charge < -0.3 is 79.2 Å². The molecule has 9 aromatic heterocycles. The SMILES string of the molecule is CCNC(=O)Nc1ncnc2c1ncn2C1OC(CN(C)Cc2ncccc2C(=O)O)C2O[C@H](/C=C/c3ccccc3)OC21.CCNC(=O)Nc1ncnc2c1ncn2C1OC(CN(C)Cc2ncccc2C(=O)O)C2O[C@H](c3ccccc3)OC21.CCNC(=O)Nc1ncnc2c1ncn2C1OC(CNCc2ncccc2C(=O)O)C2O[C@H](/C=C/c3ccccc3)OC21. The number of hydrogen-bond acceptors (Lipinski definition) is 30. The number of hydrogen-bond donors (Lipinski definition) is 10. The molecule has 0 spiro atoms. The van der Waals surface area contributed by atoms with Gasteiger partial charge in [0.1, 0.15) is 73.9 Å². The summed E-state index contributed by atoms with van der Waals surface area (Å²) in [5.74, 6) is -2.31. The van der Waals surface area contributed by atoms with Gasteiger partial charge in [0.15, 0.2) is 88.5 Å². The van der Waals surface area contributed by atoms with Crippen LogP contribution < -0.4 is 37.2 Å². The quantitative estimate of drug-likeness (QED) is 0.0212. The summed E-state index contributed by atoms with van der Waals surface area (Å²) in [7, 11) is 3.74. The molecule has 18 rings (SSSR count). The molecule has 129 heavy (non-hydrogen) atoms. The van der Waals surface area contributed by atoms with Crippen molar-refractivity contribution in [3.8, 4) is 0 Å². The fraction of sp³-hybridized carbons (Fsp3) is 0.333. The second-order valence-electron chi connectivity index (χ2n) is 30.3. The number of aromatic nitrogens is 15. The third kappa shape index (κ3) is 20.4. The van der Waals surface area contributed by atoms with Crippen LogP contribution in [0.5, 0.6) is 0 Å². The molecule has 12 unspecified atom stereocenters. The van der Waals surface area contributed by atoms with Crippen LogP contribution in [0.15, 0.2) is 196 Å². The van der Waals surface area contributed by atoms with Gasteiger partial charge in [0.05, 0.1) is 52.8 Å². The number of likely N-dealkylation sites (N-methyl/N-ethyl adjacent to an activating group) is 2. The highest BCUT2D eigenvalue weighted by Crippen LogP contribution is 2.47. The number of anilines is 3. The largest absolute Gasteiger partial charge is 0.478 e. The maximum absolute atomic E-state index is 12.2. The predicted molar refractivity (Wildman–Crippen MR) is 461 cm³/mol. The lowest BCUT2D eigenvalue weighted by Crippen LogP contribution is -2.37. The van der Waals surface area contributed by atoms with Gasteiger partial charge in [-0.3, -0.25) is 54.4 Å². The topological polar surface area (TPSA) is 506 Å². The average Bonchev–Trinajstić information content (AvgIpc) is 1.64. The highest BCUT2D eigenvalue weighted by atomic mass is 16.8. The third-order valence-corrected chi connectivity index (χ3v) is 21.6. The van der Waals surface area contributed by atoms with Crippen molar-refractivity contribution >= 4 is 99.1 Å². The number of nitrogens with one attached hydrogen (secondary N) is 7. The van der Waals surface area contributed by atoms with E-state index in [9.17, 15) is 44.1 Å². The number of urea groups is 3. The van der Waals surface area contributed by atoms with Crippen molar-refractivity contribution in [3.63, 3.8) is 0 Å². The lowest BCUT2D eigenvalue weighted by molar-refractivity contribution is -0.150. The van der Waals surface area contributed by atoms with Crippen LogP contribution >= 0.6 is 0 Å². The Morgan fingerprint density at radius 1 is 0.395 bits per heavy atom. The predicted octanol–water partition coefficient (Wildman–Crippen LogP) is 8.06. The normalized spacial score (nSPS) is 23.1. The van der Waals surface area contributed by atoms with Crippen molar-refractivity contribution in [1.82, 2.24) is 105 Å². The summed E-state index contributed by atoms with van der Waals surface area (Å²) in [6.07, 6.45) is 13.0. The molecule has 6 fully saturated rings. The highest BCUT2D eigenvalue weighted by molar-refractivity contribution is 5.98. The van der Waals surface area contributed by atoms with Gasteiger partial charge in [0.25, 0.3) is 0 Å². The number of aromatic carboxylic acids is 3. The van der Waals surface area contributed by atoms with E-state index in [0.717, 1.165) is 16.7 Å². The number of carboxylic acid groups (broad SMARTS) is 3. The van der Waals surface area contributed by atoms with Crippen molar-refractivity contribution in [2.75, 3.05) is 69.3 Å². The molecule has 15 atom stereocenters. The van der Waals surface area contributed by atoms with Crippen LogP contribution in [0.1, 0.15) is 111 Å². The molecule has 6 saturated heterocycles. The van der Waals surface area contributed by atoms with Crippen LogP contribution in [-0.2, 0) is 62.3 Å². The Bertz CT molecular complexity index is 6020. The molecule has 6 aliphatic heterocycles. The molecular weight excluding hydrogens is 1670 g/mol. The summed E-state index contributed by atoms with van der Waals surface area (Å²) in [6.45, 7) is 8.77. The molecule has 668 valence electrons. The lowest BCUT2D eigenvalue weighted by Gasteiger charge is -2.25. The molecule has 0 radical (unpaired) electrons. The third-order valence-electron chi connectivity index (χ3n) is 21.6. The molecule has 42 nitrogen and oxygen atoms in total. The summed E-state index contributed by atoms with van der Waals surface area (Å²) < 4.78 is 63.1. The van der Waals surface area contributed by atoms with E-state index in [1.54, 1.807) is 69.5 Å². The van der Waals surface area contributed by atoms with E-state index in [4.69, 9.17) is 42.6 Å². The van der Waals surface area contributed by atoms with E-state index < -0.39 is 128 Å². The van der Waals surface area contributed by atoms with Crippen LogP contribution in [-0.4, -0.2) is 256 Å². The van der Waals surface area contributed by atoms with E-state index in [1.165, 1.54) is 37.2 Å². The first-order chi connectivity index (χ1) is 62.8. The molecule has 0 bridgehead atoms. The molecule has 42 heteroatoms. The van der Waals surface area contributed by atoms with Crippen LogP contribution in [0.3, 0.4) is 0 Å². The first-order valence-electron chi connectivity index (χ1n) is 41.5. The van der Waals surface area contributed by atoms with Gasteiger partial charge in [-0.1, -0.05) is 103 Å². The van der Waals surface area contributed by atoms with Gasteiger partial charge in [-0.15, -0.1) is 0 Å². The summed E-state index contributed by atoms with van der Waals surface area (Å²) in [5.41, 5.74) is 7.20. The fourth-order valence-electron chi connectivity index (χ4n) is 15.8. The van der Waals surface area contributed by atoms with E-state index in [1.807, 2.05) is 160 Å². The van der Waals surface area contributed by atoms with Crippen molar-refractivity contribution in [3.05, 3.63) is 247 Å². The molecule has 6 amide bonds. The summed E-state index contributed by atoms with van der Waals surface area (Å²) in [6, 6.07) is 37.5. The summed E-state index contributed by atoms with van der Waals surface area (Å²) >= 11 is 0. The number of amides is 6. The van der Waals surface area contributed by atoms with Gasteiger partial charge in [0, 0.05) is 83.1 Å². The number of rotatable bonds is 29. The minimum atomic E-state index is -1.04. The number of benzene rings is 3. The van der Waals surface area contributed by atoms with Crippen LogP contribution in [0.25, 0.3) is 45.6 Å². The summed E-state index contributed by atoms with van der Waals surface area (Å²) in [5, 5.41) is 48.1. The van der Waals surface area contributed by atoms with E-state index >= 15 is 0 Å². The number of pyridine rings is 3. The number of carbonyl (C=O) groups is 6. The van der Waals surface area contributed by atoms with E-state index in [2.05, 4.69) is 97.0 Å². The minimum absolute atomic E-state index is 0.131. The summed E-state index contributed by atoms with van der Waals surface area (Å²) in [4.78, 5) is 127. The van der Waals surface area contributed by atoms with Crippen LogP contribution in [0.4, 0.5) is 31.8 Å². The highest BCUT2D eigenvalue weighted by Gasteiger charge is 2.57. The molecule has 15 heterocycles. The van der Waals surface area contributed by atoms with Gasteiger partial charge in [-0.2, -0.15) is 0 Å². The zero-order valence-electron chi connectivity index (χ0n) is 70.2. The van der Waals surface area contributed by atoms with Gasteiger partial charge >= 0.3 is 36.0 Å². The van der Waals surface area contributed by atoms with Gasteiger partial charge in [-0.05, 0) is 94.5 Å². The lowest BCUT2D eigenvalue weighted by atomic mass is 10.1. The fourth-order valence-corrected chi connectivity index (χ4v) is 15.8. The Balaban J connectivity index is 0.000000142. The maximum atomic E-state index is 12.2. The van der Waals surface area contributed by atoms with Gasteiger partial charge in [0.2, 0.25) is 0 Å². The number of ether oxygens (including phenoxy) is 9. The first kappa shape index (κ1) is 88.4. The van der Waals surface area contributed by atoms with Crippen LogP contribution in [0.2, 0.25) is 0 Å². The van der Waals surface area contributed by atoms with Crippen molar-refractivity contribution in [2.45, 2.75) is 133 Å². The Labute approximate surface area is 735 Å². The second-order valence-corrected chi connectivity index (χ2v) is 30.3.